The van der Waals surface area contributed by atoms with Crippen molar-refractivity contribution in [3.05, 3.63) is 22.1 Å². The van der Waals surface area contributed by atoms with Crippen LogP contribution in [0.25, 0.3) is 11.0 Å². The van der Waals surface area contributed by atoms with Gasteiger partial charge >= 0.3 is 12.1 Å². The minimum absolute atomic E-state index is 0.00399. The van der Waals surface area contributed by atoms with Crippen LogP contribution in [0.2, 0.25) is 0 Å². The van der Waals surface area contributed by atoms with Crippen LogP contribution in [0, 0.1) is 11.8 Å². The number of nitrogens with zero attached hydrogens (tertiary/aromatic N) is 4. The quantitative estimate of drug-likeness (QED) is 0.137. The van der Waals surface area contributed by atoms with Gasteiger partial charge in [-0.15, -0.1) is 0 Å². The van der Waals surface area contributed by atoms with Crippen LogP contribution in [-0.4, -0.2) is 94.1 Å². The Bertz CT molecular complexity index is 1270. The minimum atomic E-state index is -5.03. The molecule has 1 amide bonds. The van der Waals surface area contributed by atoms with E-state index in [1.165, 1.54) is 38.7 Å². The second-order valence-electron chi connectivity index (χ2n) is 7.91. The molecule has 16 heteroatoms. The number of carbonyl (C=O) groups excluding carboxylic acids is 1. The van der Waals surface area contributed by atoms with Crippen LogP contribution in [0.5, 0.6) is 0 Å². The molecule has 2 aromatic heterocycles. The molecule has 0 aromatic carbocycles. The molecule has 3 rings (SSSR count). The Morgan fingerprint density at radius 3 is 2.86 bits per heavy atom. The highest BCUT2D eigenvalue weighted by atomic mass is 33.1. The van der Waals surface area contributed by atoms with Gasteiger partial charge in [0.05, 0.1) is 30.4 Å². The Morgan fingerprint density at radius 2 is 2.24 bits per heavy atom. The van der Waals surface area contributed by atoms with Gasteiger partial charge in [0.2, 0.25) is 5.95 Å². The monoisotopic (exact) mass is 562 g/mol. The second-order valence-corrected chi connectivity index (χ2v) is 10.7. The van der Waals surface area contributed by atoms with E-state index >= 15 is 0 Å². The lowest BCUT2D eigenvalue weighted by molar-refractivity contribution is -0.282. The van der Waals surface area contributed by atoms with Gasteiger partial charge in [-0.1, -0.05) is 33.4 Å². The molecule has 1 fully saturated rings. The maximum absolute atomic E-state index is 12.9. The smallest absolute Gasteiger partial charge is 0.394 e. The summed E-state index contributed by atoms with van der Waals surface area (Å²) in [4.78, 5) is 36.7. The Hall–Kier alpha value is -2.71. The fraction of sp³-hybridized carbons (Fsp3) is 0.524. The number of rotatable bonds is 9. The summed E-state index contributed by atoms with van der Waals surface area (Å²) in [5, 5.41) is 11.4. The van der Waals surface area contributed by atoms with Gasteiger partial charge in [0.25, 0.3) is 5.56 Å². The molecule has 37 heavy (non-hydrogen) atoms. The van der Waals surface area contributed by atoms with Crippen LogP contribution in [0.4, 0.5) is 19.1 Å². The number of amides is 1. The van der Waals surface area contributed by atoms with Crippen LogP contribution < -0.4 is 10.9 Å². The van der Waals surface area contributed by atoms with Crippen molar-refractivity contribution in [1.29, 1.82) is 0 Å². The Labute approximate surface area is 217 Å². The number of aromatic amines is 1. The number of aliphatic imine (C=N–C) groups is 1. The number of aliphatic hydroxyl groups excluding tert-OH is 1. The molecule has 3 heterocycles. The van der Waals surface area contributed by atoms with Gasteiger partial charge in [0.15, 0.2) is 11.9 Å². The third-order valence-electron chi connectivity index (χ3n) is 4.90. The third kappa shape index (κ3) is 6.99. The Balaban J connectivity index is 2.02. The van der Waals surface area contributed by atoms with Gasteiger partial charge in [-0.3, -0.25) is 14.6 Å². The molecule has 2 aromatic rings. The van der Waals surface area contributed by atoms with Crippen molar-refractivity contribution >= 4 is 50.8 Å². The number of alkyl halides is 3. The summed E-state index contributed by atoms with van der Waals surface area (Å²) >= 11 is 0. The maximum atomic E-state index is 12.9. The number of fused-ring (bicyclic) bond motifs is 1. The predicted octanol–water partition coefficient (Wildman–Crippen LogP) is 1.61. The van der Waals surface area contributed by atoms with Gasteiger partial charge in [0, 0.05) is 20.3 Å². The minimum Gasteiger partial charge on any atom is -0.394 e. The van der Waals surface area contributed by atoms with Crippen molar-refractivity contribution in [1.82, 2.24) is 24.8 Å². The lowest BCUT2D eigenvalue weighted by atomic mass is 10.1. The molecule has 0 bridgehead atoms. The standard InChI is InChI=1S/C21H25F3N6O5S2/c1-11(37-36-4)34-15-13(9-31)35-18(15)30-8-12(6-5-7-25-19(33)21(22,23)24)14-16(30)27-20(28-17(14)32)26-10-29(2)3/h8,10-11,13,15,18,31H,7,9H2,1-4H3,(H,25,33)(H,27,28,32)/b26-10-/t11-,13?,15?,18?/m1/s1. The number of nitrogens with one attached hydrogen (secondary N) is 2. The average Bonchev–Trinajstić information content (AvgIpc) is 3.16. The lowest BCUT2D eigenvalue weighted by Gasteiger charge is -2.44. The number of aromatic nitrogens is 3. The summed E-state index contributed by atoms with van der Waals surface area (Å²) in [5.74, 6) is 2.91. The second kappa shape index (κ2) is 12.2. The van der Waals surface area contributed by atoms with E-state index in [1.54, 1.807) is 24.3 Å². The molecule has 0 saturated carbocycles. The highest BCUT2D eigenvalue weighted by molar-refractivity contribution is 8.76. The van der Waals surface area contributed by atoms with E-state index in [1.807, 2.05) is 13.2 Å². The van der Waals surface area contributed by atoms with Gasteiger partial charge in [-0.2, -0.15) is 18.2 Å². The van der Waals surface area contributed by atoms with E-state index in [-0.39, 0.29) is 34.6 Å². The lowest BCUT2D eigenvalue weighted by Crippen LogP contribution is -2.54. The molecule has 0 radical (unpaired) electrons. The molecule has 3 N–H and O–H groups in total. The van der Waals surface area contributed by atoms with Crippen molar-refractivity contribution in [3.8, 4) is 11.8 Å². The largest absolute Gasteiger partial charge is 0.471 e. The maximum Gasteiger partial charge on any atom is 0.471 e. The van der Waals surface area contributed by atoms with Crippen LogP contribution in [0.15, 0.2) is 16.0 Å². The van der Waals surface area contributed by atoms with Crippen LogP contribution in [0.1, 0.15) is 18.7 Å². The molecule has 1 saturated heterocycles. The van der Waals surface area contributed by atoms with E-state index < -0.39 is 42.6 Å². The topological polar surface area (TPSA) is 134 Å². The van der Waals surface area contributed by atoms with Gasteiger partial charge in [0.1, 0.15) is 17.6 Å². The number of hydrogen-bond acceptors (Lipinski definition) is 9. The van der Waals surface area contributed by atoms with Crippen molar-refractivity contribution in [2.24, 2.45) is 4.99 Å². The Kier molecular flexibility index (Phi) is 9.53. The summed E-state index contributed by atoms with van der Waals surface area (Å²) in [6, 6.07) is 0. The Morgan fingerprint density at radius 1 is 1.51 bits per heavy atom. The molecule has 0 spiro atoms. The first-order valence-electron chi connectivity index (χ1n) is 10.8. The zero-order chi connectivity index (χ0) is 27.3. The molecule has 202 valence electrons. The highest BCUT2D eigenvalue weighted by Crippen LogP contribution is 2.39. The highest BCUT2D eigenvalue weighted by Gasteiger charge is 2.46. The van der Waals surface area contributed by atoms with Gasteiger partial charge < -0.3 is 29.4 Å². The zero-order valence-corrected chi connectivity index (χ0v) is 21.8. The molecule has 3 unspecified atom stereocenters. The number of carbonyl (C=O) groups is 1. The van der Waals surface area contributed by atoms with Crippen LogP contribution in [0.3, 0.4) is 0 Å². The van der Waals surface area contributed by atoms with E-state index in [9.17, 15) is 27.9 Å². The van der Waals surface area contributed by atoms with E-state index in [4.69, 9.17) is 9.47 Å². The number of H-pyrrole nitrogens is 1. The van der Waals surface area contributed by atoms with Gasteiger partial charge in [-0.05, 0) is 13.2 Å². The molecule has 11 nitrogen and oxygen atoms in total. The number of ether oxygens (including phenoxy) is 2. The van der Waals surface area contributed by atoms with Crippen molar-refractivity contribution in [2.45, 2.75) is 37.0 Å². The first-order valence-corrected chi connectivity index (χ1v) is 13.4. The van der Waals surface area contributed by atoms with E-state index in [2.05, 4.69) is 26.8 Å². The van der Waals surface area contributed by atoms with Gasteiger partial charge in [-0.25, -0.2) is 4.99 Å². The zero-order valence-electron chi connectivity index (χ0n) is 20.2. The summed E-state index contributed by atoms with van der Waals surface area (Å²) in [6.07, 6.45) is -2.21. The number of halogens is 3. The third-order valence-corrected chi connectivity index (χ3v) is 6.86. The molecular formula is C21H25F3N6O5S2. The summed E-state index contributed by atoms with van der Waals surface area (Å²) in [7, 11) is 6.46. The molecule has 1 aliphatic heterocycles. The van der Waals surface area contributed by atoms with Crippen LogP contribution >= 0.6 is 21.6 Å². The normalized spacial score (nSPS) is 20.4. The summed E-state index contributed by atoms with van der Waals surface area (Å²) in [5.41, 5.74) is -0.525. The SMILES string of the molecule is CSS[C@H](C)OC1C(CO)OC1n1cc(C#CCNC(=O)C(F)(F)F)c2c(=O)[nH]c(/N=C\N(C)C)nc21. The van der Waals surface area contributed by atoms with Crippen molar-refractivity contribution < 1.29 is 32.5 Å². The number of aliphatic hydroxyl groups is 1. The summed E-state index contributed by atoms with van der Waals surface area (Å²) in [6.45, 7) is 0.958. The fourth-order valence-electron chi connectivity index (χ4n) is 3.36. The number of hydrogen-bond donors (Lipinski definition) is 3. The molecular weight excluding hydrogens is 537 g/mol. The first-order chi connectivity index (χ1) is 17.5. The van der Waals surface area contributed by atoms with Crippen molar-refractivity contribution in [3.63, 3.8) is 0 Å². The predicted molar refractivity (Wildman–Crippen MR) is 135 cm³/mol. The van der Waals surface area contributed by atoms with Crippen LogP contribution in [-0.2, 0) is 14.3 Å². The van der Waals surface area contributed by atoms with Crippen molar-refractivity contribution in [2.75, 3.05) is 33.5 Å². The molecule has 0 aliphatic carbocycles. The molecule has 4 atom stereocenters. The van der Waals surface area contributed by atoms with E-state index in [0.29, 0.717) is 0 Å². The first kappa shape index (κ1) is 28.9. The molecule has 1 aliphatic rings. The fourth-order valence-corrected chi connectivity index (χ4v) is 4.76. The summed E-state index contributed by atoms with van der Waals surface area (Å²) < 4.78 is 50.6. The average molecular weight is 563 g/mol. The van der Waals surface area contributed by atoms with E-state index in [0.717, 1.165) is 0 Å².